The molecule has 0 saturated heterocycles. The second kappa shape index (κ2) is 5.45. The molecule has 0 saturated carbocycles. The highest BCUT2D eigenvalue weighted by atomic mass is 79.9. The molecule has 3 rings (SSSR count). The van der Waals surface area contributed by atoms with Crippen molar-refractivity contribution < 1.29 is 9.59 Å². The molecule has 21 heavy (non-hydrogen) atoms. The van der Waals surface area contributed by atoms with E-state index in [1.807, 2.05) is 43.3 Å². The normalized spacial score (nSPS) is 24.3. The van der Waals surface area contributed by atoms with Crippen molar-refractivity contribution >= 4 is 33.2 Å². The summed E-state index contributed by atoms with van der Waals surface area (Å²) in [5.74, 6) is -0.917. The predicted octanol–water partition coefficient (Wildman–Crippen LogP) is 3.52. The fourth-order valence-electron chi connectivity index (χ4n) is 2.55. The van der Waals surface area contributed by atoms with E-state index in [4.69, 9.17) is 0 Å². The van der Waals surface area contributed by atoms with Crippen molar-refractivity contribution in [2.75, 3.05) is 5.32 Å². The smallest absolute Gasteiger partial charge is 0.188 e. The summed E-state index contributed by atoms with van der Waals surface area (Å²) in [5, 5.41) is 3.08. The van der Waals surface area contributed by atoms with E-state index in [0.29, 0.717) is 10.2 Å². The molecule has 0 aliphatic heterocycles. The first kappa shape index (κ1) is 14.0. The van der Waals surface area contributed by atoms with Crippen LogP contribution in [0.1, 0.15) is 5.56 Å². The van der Waals surface area contributed by atoms with Gasteiger partial charge in [0.2, 0.25) is 0 Å². The van der Waals surface area contributed by atoms with Crippen LogP contribution in [0.15, 0.2) is 58.7 Å². The number of nitrogens with one attached hydrogen (secondary N) is 1. The van der Waals surface area contributed by atoms with Gasteiger partial charge in [-0.25, -0.2) is 0 Å². The van der Waals surface area contributed by atoms with Crippen molar-refractivity contribution in [3.05, 3.63) is 64.3 Å². The van der Waals surface area contributed by atoms with Crippen LogP contribution < -0.4 is 5.32 Å². The second-order valence-electron chi connectivity index (χ2n) is 5.23. The standard InChI is InChI=1S/C17H14BrNO2/c1-10-6-8-11(9-7-10)19-15-14(18)16(20)12-4-2-3-5-13(12)17(15)21/h2-9,12-13,19H,1H3. The molecular formula is C17H14BrNO2. The molecule has 1 N–H and O–H groups in total. The number of ketones is 2. The Hall–Kier alpha value is -1.94. The van der Waals surface area contributed by atoms with Gasteiger partial charge in [0.15, 0.2) is 11.6 Å². The molecule has 2 atom stereocenters. The molecule has 3 nitrogen and oxygen atoms in total. The van der Waals surface area contributed by atoms with Gasteiger partial charge in [0.1, 0.15) is 5.70 Å². The van der Waals surface area contributed by atoms with Crippen LogP contribution in [-0.4, -0.2) is 11.6 Å². The maximum atomic E-state index is 12.6. The number of anilines is 1. The number of hydrogen-bond acceptors (Lipinski definition) is 3. The third kappa shape index (κ3) is 2.51. The number of Topliss-reactive ketones (excluding diaryl/α,β-unsaturated/α-hetero) is 2. The molecule has 2 aliphatic carbocycles. The van der Waals surface area contributed by atoms with E-state index >= 15 is 0 Å². The quantitative estimate of drug-likeness (QED) is 0.893. The molecular weight excluding hydrogens is 330 g/mol. The number of halogens is 1. The van der Waals surface area contributed by atoms with Crippen molar-refractivity contribution in [1.82, 2.24) is 0 Å². The molecule has 106 valence electrons. The Morgan fingerprint density at radius 2 is 1.52 bits per heavy atom. The summed E-state index contributed by atoms with van der Waals surface area (Å²) in [7, 11) is 0. The number of hydrogen-bond donors (Lipinski definition) is 1. The minimum atomic E-state index is -0.406. The number of carbonyl (C=O) groups is 2. The van der Waals surface area contributed by atoms with E-state index in [1.54, 1.807) is 12.2 Å². The Labute approximate surface area is 131 Å². The lowest BCUT2D eigenvalue weighted by Gasteiger charge is -2.28. The van der Waals surface area contributed by atoms with Crippen molar-refractivity contribution in [3.63, 3.8) is 0 Å². The van der Waals surface area contributed by atoms with Gasteiger partial charge in [-0.2, -0.15) is 0 Å². The zero-order valence-corrected chi connectivity index (χ0v) is 13.1. The van der Waals surface area contributed by atoms with Crippen molar-refractivity contribution in [2.45, 2.75) is 6.92 Å². The zero-order chi connectivity index (χ0) is 15.0. The molecule has 0 spiro atoms. The maximum Gasteiger partial charge on any atom is 0.188 e. The Kier molecular flexibility index (Phi) is 3.64. The van der Waals surface area contributed by atoms with Crippen LogP contribution in [0.25, 0.3) is 0 Å². The Morgan fingerprint density at radius 3 is 2.14 bits per heavy atom. The summed E-state index contributed by atoms with van der Waals surface area (Å²) in [4.78, 5) is 25.0. The molecule has 2 aliphatic rings. The summed E-state index contributed by atoms with van der Waals surface area (Å²) < 4.78 is 0.328. The number of allylic oxidation sites excluding steroid dienone is 6. The number of carbonyl (C=O) groups excluding carboxylic acids is 2. The van der Waals surface area contributed by atoms with Gasteiger partial charge in [0.05, 0.1) is 16.3 Å². The first-order chi connectivity index (χ1) is 10.1. The van der Waals surface area contributed by atoms with Crippen molar-refractivity contribution in [1.29, 1.82) is 0 Å². The molecule has 0 aromatic heterocycles. The summed E-state index contributed by atoms with van der Waals surface area (Å²) in [6, 6.07) is 7.70. The highest BCUT2D eigenvalue weighted by Gasteiger charge is 2.40. The lowest BCUT2D eigenvalue weighted by molar-refractivity contribution is -0.126. The Morgan fingerprint density at radius 1 is 0.952 bits per heavy atom. The van der Waals surface area contributed by atoms with Crippen LogP contribution in [0.4, 0.5) is 5.69 Å². The van der Waals surface area contributed by atoms with Crippen LogP contribution in [0.2, 0.25) is 0 Å². The Bertz CT molecular complexity index is 698. The van der Waals surface area contributed by atoms with Crippen molar-refractivity contribution in [3.8, 4) is 0 Å². The summed E-state index contributed by atoms with van der Waals surface area (Å²) in [5.41, 5.74) is 2.27. The van der Waals surface area contributed by atoms with Crippen LogP contribution in [0.3, 0.4) is 0 Å². The summed E-state index contributed by atoms with van der Waals surface area (Å²) in [6.07, 6.45) is 7.20. The van der Waals surface area contributed by atoms with E-state index in [1.165, 1.54) is 0 Å². The fraction of sp³-hybridized carbons (Fsp3) is 0.176. The predicted molar refractivity (Wildman–Crippen MR) is 86.0 cm³/mol. The van der Waals surface area contributed by atoms with Gasteiger partial charge in [0, 0.05) is 5.69 Å². The van der Waals surface area contributed by atoms with Gasteiger partial charge in [0.25, 0.3) is 0 Å². The SMILES string of the molecule is Cc1ccc(NC2=C(Br)C(=O)C3C=CC=CC3C2=O)cc1. The number of aryl methyl sites for hydroxylation is 1. The van der Waals surface area contributed by atoms with Gasteiger partial charge >= 0.3 is 0 Å². The van der Waals surface area contributed by atoms with E-state index in [9.17, 15) is 9.59 Å². The lowest BCUT2D eigenvalue weighted by atomic mass is 9.77. The van der Waals surface area contributed by atoms with Gasteiger partial charge in [-0.3, -0.25) is 9.59 Å². The second-order valence-corrected chi connectivity index (χ2v) is 6.02. The Balaban J connectivity index is 1.96. The molecule has 1 aromatic rings. The number of rotatable bonds is 2. The average molecular weight is 344 g/mol. The molecule has 0 radical (unpaired) electrons. The van der Waals surface area contributed by atoms with Crippen LogP contribution in [0.5, 0.6) is 0 Å². The molecule has 0 heterocycles. The molecule has 1 aromatic carbocycles. The van der Waals surface area contributed by atoms with Gasteiger partial charge < -0.3 is 5.32 Å². The molecule has 2 unspecified atom stereocenters. The van der Waals surface area contributed by atoms with Gasteiger partial charge in [-0.15, -0.1) is 0 Å². The van der Waals surface area contributed by atoms with E-state index < -0.39 is 5.92 Å². The van der Waals surface area contributed by atoms with E-state index in [0.717, 1.165) is 11.3 Å². The fourth-order valence-corrected chi connectivity index (χ4v) is 3.11. The highest BCUT2D eigenvalue weighted by molar-refractivity contribution is 9.12. The summed E-state index contributed by atoms with van der Waals surface area (Å²) >= 11 is 3.28. The third-order valence-corrected chi connectivity index (χ3v) is 4.53. The maximum absolute atomic E-state index is 12.6. The highest BCUT2D eigenvalue weighted by Crippen LogP contribution is 2.35. The number of benzene rings is 1. The minimum absolute atomic E-state index is 0.0604. The largest absolute Gasteiger partial charge is 0.352 e. The van der Waals surface area contributed by atoms with Crippen LogP contribution in [0, 0.1) is 18.8 Å². The third-order valence-electron chi connectivity index (χ3n) is 3.74. The average Bonchev–Trinajstić information content (AvgIpc) is 2.51. The monoisotopic (exact) mass is 343 g/mol. The molecule has 0 fully saturated rings. The van der Waals surface area contributed by atoms with Gasteiger partial charge in [-0.1, -0.05) is 42.0 Å². The van der Waals surface area contributed by atoms with E-state index in [-0.39, 0.29) is 17.5 Å². The minimum Gasteiger partial charge on any atom is -0.352 e. The molecule has 4 heteroatoms. The van der Waals surface area contributed by atoms with Crippen LogP contribution >= 0.6 is 15.9 Å². The zero-order valence-electron chi connectivity index (χ0n) is 11.5. The summed E-state index contributed by atoms with van der Waals surface area (Å²) in [6.45, 7) is 2.00. The van der Waals surface area contributed by atoms with Gasteiger partial charge in [-0.05, 0) is 35.0 Å². The topological polar surface area (TPSA) is 46.2 Å². The molecule has 0 amide bonds. The first-order valence-corrected chi connectivity index (χ1v) is 7.54. The van der Waals surface area contributed by atoms with Crippen LogP contribution in [-0.2, 0) is 9.59 Å². The van der Waals surface area contributed by atoms with Crippen molar-refractivity contribution in [2.24, 2.45) is 11.8 Å². The van der Waals surface area contributed by atoms with E-state index in [2.05, 4.69) is 21.2 Å². The number of fused-ring (bicyclic) bond motifs is 1. The molecule has 0 bridgehead atoms. The lowest BCUT2D eigenvalue weighted by Crippen LogP contribution is -2.37. The first-order valence-electron chi connectivity index (χ1n) is 6.75.